The van der Waals surface area contributed by atoms with Gasteiger partial charge in [-0.05, 0) is 43.2 Å². The first-order valence-corrected chi connectivity index (χ1v) is 7.53. The van der Waals surface area contributed by atoms with E-state index in [9.17, 15) is 4.79 Å². The summed E-state index contributed by atoms with van der Waals surface area (Å²) in [5, 5.41) is 14.5. The molecule has 3 N–H and O–H groups in total. The van der Waals surface area contributed by atoms with Crippen molar-refractivity contribution in [3.63, 3.8) is 0 Å². The van der Waals surface area contributed by atoms with Crippen LogP contribution in [0.15, 0.2) is 42.5 Å². The summed E-state index contributed by atoms with van der Waals surface area (Å²) in [6, 6.07) is 13.1. The second-order valence-corrected chi connectivity index (χ2v) is 5.36. The number of para-hydroxylation sites is 1. The predicted octanol–water partition coefficient (Wildman–Crippen LogP) is 3.00. The number of rotatable bonds is 6. The normalized spacial score (nSPS) is 10.2. The number of benzene rings is 2. The summed E-state index contributed by atoms with van der Waals surface area (Å²) >= 11 is 0. The lowest BCUT2D eigenvalue weighted by molar-refractivity contribution is 0.200. The number of aliphatic hydroxyl groups is 1. The molecule has 0 spiro atoms. The topological polar surface area (TPSA) is 70.6 Å². The van der Waals surface area contributed by atoms with Gasteiger partial charge in [-0.2, -0.15) is 0 Å². The van der Waals surface area contributed by atoms with Crippen LogP contribution >= 0.6 is 0 Å². The molecule has 23 heavy (non-hydrogen) atoms. The lowest BCUT2D eigenvalue weighted by Crippen LogP contribution is -2.28. The summed E-state index contributed by atoms with van der Waals surface area (Å²) in [6.07, 6.45) is 0. The first-order chi connectivity index (χ1) is 11.1. The fourth-order valence-corrected chi connectivity index (χ4v) is 2.34. The summed E-state index contributed by atoms with van der Waals surface area (Å²) in [4.78, 5) is 12.0. The molecule has 0 fully saturated rings. The molecule has 2 aromatic carbocycles. The van der Waals surface area contributed by atoms with E-state index in [1.807, 2.05) is 50.2 Å². The van der Waals surface area contributed by atoms with E-state index in [1.165, 1.54) is 0 Å². The van der Waals surface area contributed by atoms with Crippen molar-refractivity contribution in [2.75, 3.05) is 18.5 Å². The van der Waals surface area contributed by atoms with E-state index in [4.69, 9.17) is 9.84 Å². The smallest absolute Gasteiger partial charge is 0.319 e. The van der Waals surface area contributed by atoms with Crippen molar-refractivity contribution >= 4 is 11.7 Å². The molecule has 5 heteroatoms. The highest BCUT2D eigenvalue weighted by atomic mass is 16.5. The van der Waals surface area contributed by atoms with Crippen molar-refractivity contribution in [3.8, 4) is 5.75 Å². The van der Waals surface area contributed by atoms with Gasteiger partial charge >= 0.3 is 6.03 Å². The minimum atomic E-state index is -0.271. The number of aliphatic hydroxyl groups excluding tert-OH is 1. The molecular weight excluding hydrogens is 292 g/mol. The average molecular weight is 314 g/mol. The molecule has 122 valence electrons. The summed E-state index contributed by atoms with van der Waals surface area (Å²) in [6.45, 7) is 4.51. The monoisotopic (exact) mass is 314 g/mol. The Morgan fingerprint density at radius 2 is 1.83 bits per heavy atom. The van der Waals surface area contributed by atoms with Crippen LogP contribution in [0.1, 0.15) is 16.7 Å². The molecule has 0 saturated heterocycles. The maximum atomic E-state index is 12.0. The lowest BCUT2D eigenvalue weighted by atomic mass is 10.1. The maximum Gasteiger partial charge on any atom is 0.319 e. The zero-order valence-electron chi connectivity index (χ0n) is 13.4. The van der Waals surface area contributed by atoms with E-state index in [0.29, 0.717) is 12.3 Å². The molecular formula is C18H22N2O3. The Hall–Kier alpha value is -2.53. The van der Waals surface area contributed by atoms with Crippen LogP contribution < -0.4 is 15.4 Å². The van der Waals surface area contributed by atoms with Gasteiger partial charge in [0.25, 0.3) is 0 Å². The Morgan fingerprint density at radius 1 is 1.13 bits per heavy atom. The van der Waals surface area contributed by atoms with Crippen LogP contribution in [0.25, 0.3) is 0 Å². The van der Waals surface area contributed by atoms with Crippen molar-refractivity contribution in [1.29, 1.82) is 0 Å². The second-order valence-electron chi connectivity index (χ2n) is 5.36. The largest absolute Gasteiger partial charge is 0.491 e. The molecule has 2 amide bonds. The van der Waals surface area contributed by atoms with E-state index < -0.39 is 0 Å². The van der Waals surface area contributed by atoms with Crippen LogP contribution in [0, 0.1) is 13.8 Å². The number of carbonyl (C=O) groups excluding carboxylic acids is 1. The van der Waals surface area contributed by atoms with Gasteiger partial charge in [-0.25, -0.2) is 4.79 Å². The predicted molar refractivity (Wildman–Crippen MR) is 90.8 cm³/mol. The number of hydrogen-bond donors (Lipinski definition) is 3. The third-order valence-corrected chi connectivity index (χ3v) is 3.24. The van der Waals surface area contributed by atoms with Gasteiger partial charge in [0.2, 0.25) is 0 Å². The average Bonchev–Trinajstić information content (AvgIpc) is 2.50. The molecule has 0 bridgehead atoms. The lowest BCUT2D eigenvalue weighted by Gasteiger charge is -2.12. The first-order valence-electron chi connectivity index (χ1n) is 7.53. The number of urea groups is 1. The zero-order valence-corrected chi connectivity index (χ0v) is 13.4. The molecule has 0 heterocycles. The Morgan fingerprint density at radius 3 is 2.52 bits per heavy atom. The van der Waals surface area contributed by atoms with Gasteiger partial charge in [0.05, 0.1) is 6.61 Å². The van der Waals surface area contributed by atoms with E-state index in [1.54, 1.807) is 0 Å². The van der Waals surface area contributed by atoms with Crippen molar-refractivity contribution in [3.05, 3.63) is 59.2 Å². The van der Waals surface area contributed by atoms with Gasteiger partial charge in [0, 0.05) is 17.8 Å². The SMILES string of the molecule is Cc1cc(C)cc(NC(=O)NCc2ccccc2OCCO)c1. The van der Waals surface area contributed by atoms with Crippen molar-refractivity contribution < 1.29 is 14.6 Å². The number of anilines is 1. The fraction of sp³-hybridized carbons (Fsp3) is 0.278. The number of hydrogen-bond acceptors (Lipinski definition) is 3. The second kappa shape index (κ2) is 8.19. The number of ether oxygens (including phenoxy) is 1. The van der Waals surface area contributed by atoms with Crippen LogP contribution in [-0.2, 0) is 6.54 Å². The third kappa shape index (κ3) is 5.30. The van der Waals surface area contributed by atoms with Crippen LogP contribution in [0.2, 0.25) is 0 Å². The fourth-order valence-electron chi connectivity index (χ4n) is 2.34. The highest BCUT2D eigenvalue weighted by molar-refractivity contribution is 5.89. The van der Waals surface area contributed by atoms with Crippen molar-refractivity contribution in [1.82, 2.24) is 5.32 Å². The first kappa shape index (κ1) is 16.8. The standard InChI is InChI=1S/C18H22N2O3/c1-13-9-14(2)11-16(10-13)20-18(22)19-12-15-5-3-4-6-17(15)23-8-7-21/h3-6,9-11,21H,7-8,12H2,1-2H3,(H2,19,20,22). The Labute approximate surface area is 136 Å². The maximum absolute atomic E-state index is 12.0. The minimum Gasteiger partial charge on any atom is -0.491 e. The van der Waals surface area contributed by atoms with Gasteiger partial charge in [0.15, 0.2) is 0 Å². The Kier molecular flexibility index (Phi) is 6.00. The zero-order chi connectivity index (χ0) is 16.7. The van der Waals surface area contributed by atoms with Crippen molar-refractivity contribution in [2.45, 2.75) is 20.4 Å². The summed E-state index contributed by atoms with van der Waals surface area (Å²) < 4.78 is 5.45. The van der Waals surface area contributed by atoms with Crippen LogP contribution in [0.3, 0.4) is 0 Å². The molecule has 2 aromatic rings. The van der Waals surface area contributed by atoms with Crippen LogP contribution in [0.4, 0.5) is 10.5 Å². The third-order valence-electron chi connectivity index (χ3n) is 3.24. The molecule has 0 aromatic heterocycles. The van der Waals surface area contributed by atoms with Crippen LogP contribution in [0.5, 0.6) is 5.75 Å². The molecule has 0 aliphatic rings. The Bertz CT molecular complexity index is 651. The van der Waals surface area contributed by atoms with E-state index in [-0.39, 0.29) is 19.2 Å². The molecule has 0 aliphatic heterocycles. The molecule has 0 aliphatic carbocycles. The molecule has 2 rings (SSSR count). The van der Waals surface area contributed by atoms with Crippen LogP contribution in [-0.4, -0.2) is 24.4 Å². The number of aryl methyl sites for hydroxylation is 2. The highest BCUT2D eigenvalue weighted by Gasteiger charge is 2.06. The molecule has 0 atom stereocenters. The molecule has 0 saturated carbocycles. The van der Waals surface area contributed by atoms with E-state index in [0.717, 1.165) is 22.4 Å². The number of nitrogens with one attached hydrogen (secondary N) is 2. The summed E-state index contributed by atoms with van der Waals surface area (Å²) in [7, 11) is 0. The van der Waals surface area contributed by atoms with E-state index >= 15 is 0 Å². The molecule has 0 unspecified atom stereocenters. The van der Waals surface area contributed by atoms with Gasteiger partial charge in [0.1, 0.15) is 12.4 Å². The highest BCUT2D eigenvalue weighted by Crippen LogP contribution is 2.18. The number of carbonyl (C=O) groups is 1. The molecule has 5 nitrogen and oxygen atoms in total. The summed E-state index contributed by atoms with van der Waals surface area (Å²) in [5.41, 5.74) is 3.83. The van der Waals surface area contributed by atoms with Gasteiger partial charge in [-0.3, -0.25) is 0 Å². The molecule has 0 radical (unpaired) electrons. The van der Waals surface area contributed by atoms with Gasteiger partial charge in [-0.15, -0.1) is 0 Å². The Balaban J connectivity index is 1.94. The van der Waals surface area contributed by atoms with E-state index in [2.05, 4.69) is 16.7 Å². The quantitative estimate of drug-likeness (QED) is 0.767. The minimum absolute atomic E-state index is 0.0467. The summed E-state index contributed by atoms with van der Waals surface area (Å²) in [5.74, 6) is 0.660. The van der Waals surface area contributed by atoms with Gasteiger partial charge < -0.3 is 20.5 Å². The number of amides is 2. The van der Waals surface area contributed by atoms with Crippen molar-refractivity contribution in [2.24, 2.45) is 0 Å². The van der Waals surface area contributed by atoms with Gasteiger partial charge in [-0.1, -0.05) is 24.3 Å².